The molecule has 2 aromatic carbocycles. The molecule has 0 atom stereocenters. The van der Waals surface area contributed by atoms with E-state index in [9.17, 15) is 17.2 Å². The van der Waals surface area contributed by atoms with Gasteiger partial charge >= 0.3 is 0 Å². The van der Waals surface area contributed by atoms with Gasteiger partial charge in [-0.05, 0) is 52.3 Å². The quantitative estimate of drug-likeness (QED) is 0.824. The summed E-state index contributed by atoms with van der Waals surface area (Å²) in [6, 6.07) is 6.79. The number of rotatable bonds is 3. The molecule has 0 amide bonds. The molecule has 4 nitrogen and oxygen atoms in total. The second kappa shape index (κ2) is 5.37. The molecular weight excluding hydrogens is 354 g/mol. The third-order valence-electron chi connectivity index (χ3n) is 2.45. The fourth-order valence-electron chi connectivity index (χ4n) is 1.47. The average molecular weight is 363 g/mol. The first-order valence-corrected chi connectivity index (χ1v) is 7.60. The molecule has 8 heteroatoms. The summed E-state index contributed by atoms with van der Waals surface area (Å²) in [6.45, 7) is 0. The molecule has 0 aliphatic heterocycles. The molecule has 2 aromatic rings. The monoisotopic (exact) mass is 362 g/mol. The molecule has 0 bridgehead atoms. The number of sulfonamides is 1. The van der Waals surface area contributed by atoms with Crippen molar-refractivity contribution in [2.24, 2.45) is 0 Å². The maximum atomic E-state index is 13.4. The van der Waals surface area contributed by atoms with Crippen molar-refractivity contribution in [3.8, 4) is 0 Å². The number of nitrogens with two attached hydrogens (primary N) is 1. The summed E-state index contributed by atoms with van der Waals surface area (Å²) in [7, 11) is -3.97. The molecule has 20 heavy (non-hydrogen) atoms. The molecule has 0 unspecified atom stereocenters. The average Bonchev–Trinajstić information content (AvgIpc) is 2.37. The zero-order valence-electron chi connectivity index (χ0n) is 9.90. The number of hydrogen-bond acceptors (Lipinski definition) is 3. The predicted molar refractivity (Wildman–Crippen MR) is 75.7 cm³/mol. The van der Waals surface area contributed by atoms with Crippen molar-refractivity contribution in [1.82, 2.24) is 0 Å². The molecule has 0 spiro atoms. The number of anilines is 2. The van der Waals surface area contributed by atoms with Crippen LogP contribution in [0.2, 0.25) is 0 Å². The maximum absolute atomic E-state index is 13.4. The van der Waals surface area contributed by atoms with Crippen LogP contribution in [0.1, 0.15) is 0 Å². The van der Waals surface area contributed by atoms with Gasteiger partial charge in [0.15, 0.2) is 0 Å². The van der Waals surface area contributed by atoms with E-state index in [2.05, 4.69) is 20.7 Å². The number of nitrogen functional groups attached to an aromatic ring is 1. The summed E-state index contributed by atoms with van der Waals surface area (Å²) in [5.74, 6) is -1.35. The minimum atomic E-state index is -3.97. The Balaban J connectivity index is 2.35. The fraction of sp³-hybridized carbons (Fsp3) is 0. The van der Waals surface area contributed by atoms with E-state index >= 15 is 0 Å². The van der Waals surface area contributed by atoms with Crippen LogP contribution >= 0.6 is 15.9 Å². The van der Waals surface area contributed by atoms with Crippen LogP contribution in [0.5, 0.6) is 0 Å². The minimum Gasteiger partial charge on any atom is -0.396 e. The molecule has 0 fully saturated rings. The van der Waals surface area contributed by atoms with Gasteiger partial charge in [0, 0.05) is 0 Å². The van der Waals surface area contributed by atoms with Crippen molar-refractivity contribution in [2.45, 2.75) is 4.90 Å². The maximum Gasteiger partial charge on any atom is 0.261 e. The standard InChI is InChI=1S/C12H9BrF2N2O2S/c13-9-3-2-8(6-11(9)15)20(18,19)17-7-1-4-10(14)12(16)5-7/h1-6,17H,16H2. The van der Waals surface area contributed by atoms with Crippen LogP contribution in [0.25, 0.3) is 0 Å². The van der Waals surface area contributed by atoms with E-state index in [-0.39, 0.29) is 20.7 Å². The Bertz CT molecular complexity index is 766. The largest absolute Gasteiger partial charge is 0.396 e. The Labute approximate surface area is 122 Å². The molecule has 0 saturated carbocycles. The Kier molecular flexibility index (Phi) is 3.96. The first kappa shape index (κ1) is 14.7. The van der Waals surface area contributed by atoms with Crippen LogP contribution in [-0.4, -0.2) is 8.42 Å². The molecule has 106 valence electrons. The number of benzene rings is 2. The molecule has 2 rings (SSSR count). The number of halogens is 3. The van der Waals surface area contributed by atoms with Crippen molar-refractivity contribution in [3.05, 3.63) is 52.5 Å². The Morgan fingerprint density at radius 3 is 2.35 bits per heavy atom. The highest BCUT2D eigenvalue weighted by molar-refractivity contribution is 9.10. The van der Waals surface area contributed by atoms with Crippen LogP contribution in [-0.2, 0) is 10.0 Å². The molecule has 0 aliphatic carbocycles. The Morgan fingerprint density at radius 1 is 1.05 bits per heavy atom. The Morgan fingerprint density at radius 2 is 1.75 bits per heavy atom. The zero-order chi connectivity index (χ0) is 14.9. The topological polar surface area (TPSA) is 72.2 Å². The van der Waals surface area contributed by atoms with Gasteiger partial charge in [-0.3, -0.25) is 4.72 Å². The molecular formula is C12H9BrF2N2O2S. The van der Waals surface area contributed by atoms with Gasteiger partial charge < -0.3 is 5.73 Å². The van der Waals surface area contributed by atoms with Gasteiger partial charge in [-0.25, -0.2) is 17.2 Å². The molecule has 0 saturated heterocycles. The van der Waals surface area contributed by atoms with Crippen molar-refractivity contribution >= 4 is 37.3 Å². The lowest BCUT2D eigenvalue weighted by molar-refractivity contribution is 0.593. The summed E-state index contributed by atoms with van der Waals surface area (Å²) in [5, 5.41) is 0. The highest BCUT2D eigenvalue weighted by Crippen LogP contribution is 2.23. The van der Waals surface area contributed by atoms with Gasteiger partial charge in [-0.1, -0.05) is 0 Å². The van der Waals surface area contributed by atoms with Crippen LogP contribution in [0.15, 0.2) is 45.8 Å². The second-order valence-corrected chi connectivity index (χ2v) is 6.45. The van der Waals surface area contributed by atoms with Gasteiger partial charge in [-0.2, -0.15) is 0 Å². The van der Waals surface area contributed by atoms with Crippen molar-refractivity contribution in [3.63, 3.8) is 0 Å². The van der Waals surface area contributed by atoms with E-state index in [0.717, 1.165) is 18.2 Å². The fourth-order valence-corrected chi connectivity index (χ4v) is 2.77. The van der Waals surface area contributed by atoms with Gasteiger partial charge in [0.05, 0.1) is 20.7 Å². The smallest absolute Gasteiger partial charge is 0.261 e. The summed E-state index contributed by atoms with van der Waals surface area (Å²) in [4.78, 5) is -0.249. The van der Waals surface area contributed by atoms with E-state index in [1.54, 1.807) is 0 Å². The lowest BCUT2D eigenvalue weighted by Gasteiger charge is -2.09. The van der Waals surface area contributed by atoms with Crippen molar-refractivity contribution in [1.29, 1.82) is 0 Å². The van der Waals surface area contributed by atoms with Gasteiger partial charge in [0.25, 0.3) is 10.0 Å². The summed E-state index contributed by atoms with van der Waals surface area (Å²) in [5.41, 5.74) is 5.25. The molecule has 0 aromatic heterocycles. The first-order valence-electron chi connectivity index (χ1n) is 5.32. The normalized spacial score (nSPS) is 11.3. The van der Waals surface area contributed by atoms with Crippen molar-refractivity contribution < 1.29 is 17.2 Å². The SMILES string of the molecule is Nc1cc(NS(=O)(=O)c2ccc(Br)c(F)c2)ccc1F. The highest BCUT2D eigenvalue weighted by atomic mass is 79.9. The summed E-state index contributed by atoms with van der Waals surface area (Å²) in [6.07, 6.45) is 0. The van der Waals surface area contributed by atoms with Gasteiger partial charge in [0.1, 0.15) is 11.6 Å². The van der Waals surface area contributed by atoms with Crippen LogP contribution in [0.3, 0.4) is 0 Å². The van der Waals surface area contributed by atoms with Crippen LogP contribution in [0, 0.1) is 11.6 Å². The third-order valence-corrected chi connectivity index (χ3v) is 4.47. The number of nitrogens with one attached hydrogen (secondary N) is 1. The van der Waals surface area contributed by atoms with E-state index in [1.807, 2.05) is 0 Å². The van der Waals surface area contributed by atoms with E-state index in [4.69, 9.17) is 5.73 Å². The third kappa shape index (κ3) is 3.07. The molecule has 3 N–H and O–H groups in total. The molecule has 0 radical (unpaired) electrons. The van der Waals surface area contributed by atoms with Crippen LogP contribution in [0.4, 0.5) is 20.2 Å². The van der Waals surface area contributed by atoms with E-state index < -0.39 is 21.7 Å². The van der Waals surface area contributed by atoms with Crippen LogP contribution < -0.4 is 10.5 Å². The Hall–Kier alpha value is -1.67. The zero-order valence-corrected chi connectivity index (χ0v) is 12.3. The number of hydrogen-bond donors (Lipinski definition) is 2. The van der Waals surface area contributed by atoms with Gasteiger partial charge in [-0.15, -0.1) is 0 Å². The highest BCUT2D eigenvalue weighted by Gasteiger charge is 2.16. The van der Waals surface area contributed by atoms with Gasteiger partial charge in [0.2, 0.25) is 0 Å². The molecule has 0 aliphatic rings. The lowest BCUT2D eigenvalue weighted by Crippen LogP contribution is -2.13. The second-order valence-electron chi connectivity index (χ2n) is 3.92. The lowest BCUT2D eigenvalue weighted by atomic mass is 10.3. The summed E-state index contributed by atoms with van der Waals surface area (Å²) < 4.78 is 52.8. The predicted octanol–water partition coefficient (Wildman–Crippen LogP) is 3.11. The van der Waals surface area contributed by atoms with Crippen molar-refractivity contribution in [2.75, 3.05) is 10.5 Å². The van der Waals surface area contributed by atoms with E-state index in [1.165, 1.54) is 18.2 Å². The minimum absolute atomic E-state index is 0.0900. The molecule has 0 heterocycles. The van der Waals surface area contributed by atoms with E-state index in [0.29, 0.717) is 0 Å². The first-order chi connectivity index (χ1) is 9.29. The summed E-state index contributed by atoms with van der Waals surface area (Å²) >= 11 is 2.93.